The summed E-state index contributed by atoms with van der Waals surface area (Å²) in [5.74, 6) is 0.171. The van der Waals surface area contributed by atoms with Gasteiger partial charge in [0.05, 0.1) is 0 Å². The van der Waals surface area contributed by atoms with Crippen LogP contribution in [0.5, 0.6) is 0 Å². The number of ketones is 1. The molecule has 0 N–H and O–H groups in total. The normalized spacial score (nSPS) is 11.8. The summed E-state index contributed by atoms with van der Waals surface area (Å²) >= 11 is 1.73. The first-order valence-corrected chi connectivity index (χ1v) is 5.26. The van der Waals surface area contributed by atoms with Crippen molar-refractivity contribution in [2.45, 2.75) is 40.0 Å². The maximum absolute atomic E-state index is 11.2. The predicted molar refractivity (Wildman–Crippen MR) is 57.8 cm³/mol. The molecule has 0 aliphatic heterocycles. The Balaban J connectivity index is 3.17. The summed E-state index contributed by atoms with van der Waals surface area (Å²) in [6.07, 6.45) is 0. The summed E-state index contributed by atoms with van der Waals surface area (Å²) in [4.78, 5) is 13.6. The molecule has 0 aliphatic rings. The number of hydrogen-bond acceptors (Lipinski definition) is 2. The monoisotopic (exact) mass is 196 g/mol. The molecule has 1 rings (SSSR count). The van der Waals surface area contributed by atoms with Crippen LogP contribution in [0.25, 0.3) is 0 Å². The van der Waals surface area contributed by atoms with E-state index in [2.05, 4.69) is 20.8 Å². The summed E-state index contributed by atoms with van der Waals surface area (Å²) in [5.41, 5.74) is 1.04. The maximum atomic E-state index is 11.2. The number of aryl methyl sites for hydroxylation is 1. The first-order chi connectivity index (χ1) is 5.82. The van der Waals surface area contributed by atoms with E-state index in [1.807, 2.05) is 13.0 Å². The van der Waals surface area contributed by atoms with Gasteiger partial charge in [0.15, 0.2) is 5.78 Å². The quantitative estimate of drug-likeness (QED) is 0.628. The Labute approximate surface area is 83.8 Å². The number of hydrogen-bond donors (Lipinski definition) is 0. The third kappa shape index (κ3) is 2.19. The van der Waals surface area contributed by atoms with Crippen LogP contribution in [0, 0.1) is 6.92 Å². The first-order valence-electron chi connectivity index (χ1n) is 4.44. The van der Waals surface area contributed by atoms with E-state index in [-0.39, 0.29) is 11.2 Å². The van der Waals surface area contributed by atoms with Crippen LogP contribution in [0.3, 0.4) is 0 Å². The second-order valence-electron chi connectivity index (χ2n) is 4.39. The minimum atomic E-state index is 0.156. The van der Waals surface area contributed by atoms with Gasteiger partial charge < -0.3 is 0 Å². The summed E-state index contributed by atoms with van der Waals surface area (Å²) in [7, 11) is 0. The van der Waals surface area contributed by atoms with Gasteiger partial charge in [0.1, 0.15) is 0 Å². The molecule has 1 nitrogen and oxygen atoms in total. The standard InChI is InChI=1S/C11H16OS/c1-7(12)9-6-10(11(3,4)5)13-8(9)2/h6H,1-5H3. The molecule has 0 unspecified atom stereocenters. The minimum Gasteiger partial charge on any atom is -0.294 e. The molecule has 0 spiro atoms. The number of carbonyl (C=O) groups excluding carboxylic acids is 1. The van der Waals surface area contributed by atoms with E-state index in [1.165, 1.54) is 4.88 Å². The van der Waals surface area contributed by atoms with Crippen LogP contribution in [0.4, 0.5) is 0 Å². The fourth-order valence-corrected chi connectivity index (χ4v) is 2.33. The zero-order valence-corrected chi connectivity index (χ0v) is 9.71. The highest BCUT2D eigenvalue weighted by Crippen LogP contribution is 2.32. The molecule has 1 heterocycles. The van der Waals surface area contributed by atoms with Gasteiger partial charge in [-0.15, -0.1) is 11.3 Å². The molecule has 0 bridgehead atoms. The summed E-state index contributed by atoms with van der Waals surface area (Å²) < 4.78 is 0. The molecule has 1 aromatic heterocycles. The van der Waals surface area contributed by atoms with Crippen LogP contribution in [0.15, 0.2) is 6.07 Å². The van der Waals surface area contributed by atoms with Crippen molar-refractivity contribution in [1.82, 2.24) is 0 Å². The maximum Gasteiger partial charge on any atom is 0.160 e. The van der Waals surface area contributed by atoms with Crippen molar-refractivity contribution in [3.63, 3.8) is 0 Å². The van der Waals surface area contributed by atoms with Gasteiger partial charge in [-0.05, 0) is 25.3 Å². The molecule has 0 amide bonds. The Morgan fingerprint density at radius 2 is 1.92 bits per heavy atom. The largest absolute Gasteiger partial charge is 0.294 e. The summed E-state index contributed by atoms with van der Waals surface area (Å²) in [6, 6.07) is 2.03. The van der Waals surface area contributed by atoms with Gasteiger partial charge in [-0.25, -0.2) is 0 Å². The molecule has 0 saturated heterocycles. The number of carbonyl (C=O) groups is 1. The van der Waals surface area contributed by atoms with Crippen molar-refractivity contribution in [2.75, 3.05) is 0 Å². The Morgan fingerprint density at radius 1 is 1.38 bits per heavy atom. The van der Waals surface area contributed by atoms with Gasteiger partial charge in [0.2, 0.25) is 0 Å². The van der Waals surface area contributed by atoms with Gasteiger partial charge in [-0.3, -0.25) is 4.79 Å². The molecule has 1 aromatic rings. The fourth-order valence-electron chi connectivity index (χ4n) is 1.20. The molecule has 0 radical (unpaired) electrons. The lowest BCUT2D eigenvalue weighted by Crippen LogP contribution is -2.08. The van der Waals surface area contributed by atoms with Crippen LogP contribution < -0.4 is 0 Å². The zero-order chi connectivity index (χ0) is 10.2. The molecule has 0 atom stereocenters. The number of Topliss-reactive ketones (excluding diaryl/α,β-unsaturated/α-hetero) is 1. The van der Waals surface area contributed by atoms with Gasteiger partial charge >= 0.3 is 0 Å². The smallest absolute Gasteiger partial charge is 0.160 e. The molecule has 0 fully saturated rings. The fraction of sp³-hybridized carbons (Fsp3) is 0.545. The van der Waals surface area contributed by atoms with Crippen LogP contribution in [0.2, 0.25) is 0 Å². The molecule has 0 aromatic carbocycles. The highest BCUT2D eigenvalue weighted by atomic mass is 32.1. The molecule has 0 saturated carbocycles. The Kier molecular flexibility index (Phi) is 2.62. The predicted octanol–water partition coefficient (Wildman–Crippen LogP) is 3.56. The third-order valence-corrected chi connectivity index (χ3v) is 3.51. The van der Waals surface area contributed by atoms with E-state index in [4.69, 9.17) is 0 Å². The van der Waals surface area contributed by atoms with Crippen molar-refractivity contribution in [1.29, 1.82) is 0 Å². The topological polar surface area (TPSA) is 17.1 Å². The Morgan fingerprint density at radius 3 is 2.15 bits per heavy atom. The lowest BCUT2D eigenvalue weighted by Gasteiger charge is -2.15. The summed E-state index contributed by atoms with van der Waals surface area (Å²) in [5, 5.41) is 0. The van der Waals surface area contributed by atoms with Crippen molar-refractivity contribution >= 4 is 17.1 Å². The van der Waals surface area contributed by atoms with E-state index in [0.717, 1.165) is 10.4 Å². The van der Waals surface area contributed by atoms with E-state index in [9.17, 15) is 4.79 Å². The Bertz CT molecular complexity index is 328. The Hall–Kier alpha value is -0.630. The average molecular weight is 196 g/mol. The number of thiophene rings is 1. The molecule has 0 aliphatic carbocycles. The zero-order valence-electron chi connectivity index (χ0n) is 8.89. The number of rotatable bonds is 1. The first kappa shape index (κ1) is 10.5. The van der Waals surface area contributed by atoms with E-state index >= 15 is 0 Å². The molecule has 2 heteroatoms. The lowest BCUT2D eigenvalue weighted by molar-refractivity contribution is 0.101. The van der Waals surface area contributed by atoms with Crippen molar-refractivity contribution in [2.24, 2.45) is 0 Å². The minimum absolute atomic E-state index is 0.156. The van der Waals surface area contributed by atoms with E-state index in [1.54, 1.807) is 18.3 Å². The third-order valence-electron chi connectivity index (χ3n) is 2.04. The van der Waals surface area contributed by atoms with Crippen LogP contribution in [0.1, 0.15) is 47.8 Å². The van der Waals surface area contributed by atoms with Crippen LogP contribution in [-0.4, -0.2) is 5.78 Å². The van der Waals surface area contributed by atoms with E-state index in [0.29, 0.717) is 0 Å². The summed E-state index contributed by atoms with van der Waals surface area (Å²) in [6.45, 7) is 10.1. The van der Waals surface area contributed by atoms with Gasteiger partial charge in [0, 0.05) is 15.3 Å². The SMILES string of the molecule is CC(=O)c1cc(C(C)(C)C)sc1C. The lowest BCUT2D eigenvalue weighted by atomic mass is 9.94. The molecule has 13 heavy (non-hydrogen) atoms. The second kappa shape index (κ2) is 3.26. The average Bonchev–Trinajstić information content (AvgIpc) is 2.29. The highest BCUT2D eigenvalue weighted by Gasteiger charge is 2.19. The van der Waals surface area contributed by atoms with Gasteiger partial charge in [-0.2, -0.15) is 0 Å². The van der Waals surface area contributed by atoms with Crippen LogP contribution >= 0.6 is 11.3 Å². The second-order valence-corrected chi connectivity index (χ2v) is 5.64. The van der Waals surface area contributed by atoms with E-state index < -0.39 is 0 Å². The molecule has 72 valence electrons. The van der Waals surface area contributed by atoms with Gasteiger partial charge in [0.25, 0.3) is 0 Å². The van der Waals surface area contributed by atoms with Crippen molar-refractivity contribution in [3.8, 4) is 0 Å². The molecular formula is C11H16OS. The van der Waals surface area contributed by atoms with Crippen LogP contribution in [-0.2, 0) is 5.41 Å². The van der Waals surface area contributed by atoms with Gasteiger partial charge in [-0.1, -0.05) is 20.8 Å². The van der Waals surface area contributed by atoms with Crippen molar-refractivity contribution in [3.05, 3.63) is 21.4 Å². The van der Waals surface area contributed by atoms with Crippen molar-refractivity contribution < 1.29 is 4.79 Å². The highest BCUT2D eigenvalue weighted by molar-refractivity contribution is 7.12. The molecular weight excluding hydrogens is 180 g/mol.